The summed E-state index contributed by atoms with van der Waals surface area (Å²) in [5.41, 5.74) is 1.38. The third-order valence-electron chi connectivity index (χ3n) is 5.82. The Morgan fingerprint density at radius 1 is 0.741 bits per heavy atom. The first-order valence-corrected chi connectivity index (χ1v) is 11.3. The minimum atomic E-state index is 0.821. The maximum absolute atomic E-state index is 5.93. The van der Waals surface area contributed by atoms with Gasteiger partial charge in [0, 0.05) is 12.7 Å². The van der Waals surface area contributed by atoms with Gasteiger partial charge in [-0.1, -0.05) is 51.9 Å². The van der Waals surface area contributed by atoms with Crippen LogP contribution in [0.2, 0.25) is 0 Å². The first-order valence-electron chi connectivity index (χ1n) is 11.3. The van der Waals surface area contributed by atoms with Gasteiger partial charge in [0.1, 0.15) is 18.8 Å². The number of nitrogens with zero attached hydrogens (tertiary/aromatic N) is 1. The molecule has 0 aromatic heterocycles. The average molecular weight is 379 g/mol. The molecule has 0 amide bonds. The molecule has 0 N–H and O–H groups in total. The fourth-order valence-corrected chi connectivity index (χ4v) is 3.63. The zero-order valence-corrected chi connectivity index (χ0v) is 18.5. The third kappa shape index (κ3) is 10.2. The van der Waals surface area contributed by atoms with Gasteiger partial charge < -0.3 is 14.0 Å². The molecule has 0 atom stereocenters. The summed E-state index contributed by atoms with van der Waals surface area (Å²) in [5, 5.41) is 0. The van der Waals surface area contributed by atoms with Gasteiger partial charge in [-0.15, -0.1) is 0 Å². The van der Waals surface area contributed by atoms with E-state index in [-0.39, 0.29) is 0 Å². The molecule has 0 spiro atoms. The van der Waals surface area contributed by atoms with E-state index in [0.29, 0.717) is 0 Å². The lowest BCUT2D eigenvalue weighted by molar-refractivity contribution is -0.938. The molecule has 3 nitrogen and oxygen atoms in total. The van der Waals surface area contributed by atoms with E-state index in [2.05, 4.69) is 45.0 Å². The Morgan fingerprint density at radius 3 is 1.89 bits per heavy atom. The van der Waals surface area contributed by atoms with Crippen LogP contribution in [0.3, 0.4) is 0 Å². The van der Waals surface area contributed by atoms with Gasteiger partial charge in [0.05, 0.1) is 26.3 Å². The van der Waals surface area contributed by atoms with Crippen molar-refractivity contribution < 1.29 is 14.0 Å². The Morgan fingerprint density at radius 2 is 1.33 bits per heavy atom. The second-order valence-electron chi connectivity index (χ2n) is 7.82. The van der Waals surface area contributed by atoms with Gasteiger partial charge in [-0.25, -0.2) is 0 Å². The number of hydrogen-bond acceptors (Lipinski definition) is 2. The summed E-state index contributed by atoms with van der Waals surface area (Å²) in [6, 6.07) is 8.73. The molecule has 0 fully saturated rings. The lowest BCUT2D eigenvalue weighted by Crippen LogP contribution is -2.48. The zero-order valence-electron chi connectivity index (χ0n) is 18.5. The van der Waals surface area contributed by atoms with Crippen LogP contribution in [0, 0.1) is 0 Å². The van der Waals surface area contributed by atoms with Crippen LogP contribution in [-0.4, -0.2) is 44.4 Å². The Bertz CT molecular complexity index is 454. The largest absolute Gasteiger partial charge is 0.494 e. The summed E-state index contributed by atoms with van der Waals surface area (Å²) in [6.45, 7) is 12.9. The molecule has 0 radical (unpaired) electrons. The molecule has 0 saturated heterocycles. The fraction of sp³-hybridized carbons (Fsp3) is 0.750. The van der Waals surface area contributed by atoms with Crippen molar-refractivity contribution in [3.8, 4) is 5.75 Å². The number of likely N-dealkylation sites (N-methyl/N-ethyl adjacent to an activating group) is 1. The standard InChI is InChI=1S/C24H44NO2/c1-5-8-9-10-11-12-13-14-20-27-24-17-15-23(16-18-24)22-25(6-2,7-3)19-21-26-4/h15-18H,5-14,19-22H2,1-4H3/q+1. The highest BCUT2D eigenvalue weighted by atomic mass is 16.5. The van der Waals surface area contributed by atoms with E-state index in [1.54, 1.807) is 7.11 Å². The van der Waals surface area contributed by atoms with Crippen molar-refractivity contribution in [2.75, 3.05) is 40.0 Å². The molecular formula is C24H44NO2+. The summed E-state index contributed by atoms with van der Waals surface area (Å²) < 4.78 is 12.3. The number of ether oxygens (including phenoxy) is 2. The summed E-state index contributed by atoms with van der Waals surface area (Å²) in [5.74, 6) is 1.00. The van der Waals surface area contributed by atoms with Crippen molar-refractivity contribution in [1.29, 1.82) is 0 Å². The predicted molar refractivity (Wildman–Crippen MR) is 116 cm³/mol. The summed E-state index contributed by atoms with van der Waals surface area (Å²) in [7, 11) is 1.79. The molecule has 0 aliphatic heterocycles. The summed E-state index contributed by atoms with van der Waals surface area (Å²) in [4.78, 5) is 0. The minimum Gasteiger partial charge on any atom is -0.494 e. The topological polar surface area (TPSA) is 18.5 Å². The Kier molecular flexibility index (Phi) is 13.3. The van der Waals surface area contributed by atoms with Crippen molar-refractivity contribution in [3.05, 3.63) is 29.8 Å². The van der Waals surface area contributed by atoms with Gasteiger partial charge in [0.2, 0.25) is 0 Å². The molecule has 0 saturated carbocycles. The SMILES string of the molecule is CCCCCCCCCCOc1ccc(C[N+](CC)(CC)CCOC)cc1. The normalized spacial score (nSPS) is 11.7. The van der Waals surface area contributed by atoms with Crippen LogP contribution in [0.5, 0.6) is 5.75 Å². The monoisotopic (exact) mass is 378 g/mol. The highest BCUT2D eigenvalue weighted by Crippen LogP contribution is 2.18. The highest BCUT2D eigenvalue weighted by molar-refractivity contribution is 5.26. The summed E-state index contributed by atoms with van der Waals surface area (Å²) >= 11 is 0. The van der Waals surface area contributed by atoms with Gasteiger partial charge in [0.25, 0.3) is 0 Å². The molecule has 0 bridgehead atoms. The van der Waals surface area contributed by atoms with Crippen molar-refractivity contribution in [2.45, 2.75) is 78.7 Å². The van der Waals surface area contributed by atoms with Crippen LogP contribution in [0.15, 0.2) is 24.3 Å². The number of unbranched alkanes of at least 4 members (excludes halogenated alkanes) is 7. The molecule has 156 valence electrons. The number of rotatable bonds is 17. The van der Waals surface area contributed by atoms with E-state index >= 15 is 0 Å². The number of hydrogen-bond donors (Lipinski definition) is 0. The number of benzene rings is 1. The first-order chi connectivity index (χ1) is 13.2. The molecule has 1 aromatic rings. The highest BCUT2D eigenvalue weighted by Gasteiger charge is 2.23. The first kappa shape index (κ1) is 24.0. The van der Waals surface area contributed by atoms with E-state index in [1.165, 1.54) is 50.5 Å². The molecule has 0 heterocycles. The number of methoxy groups -OCH3 is 1. The average Bonchev–Trinajstić information content (AvgIpc) is 2.71. The van der Waals surface area contributed by atoms with E-state index in [1.807, 2.05) is 0 Å². The van der Waals surface area contributed by atoms with E-state index in [9.17, 15) is 0 Å². The smallest absolute Gasteiger partial charge is 0.119 e. The lowest BCUT2D eigenvalue weighted by Gasteiger charge is -2.36. The van der Waals surface area contributed by atoms with Crippen molar-refractivity contribution in [3.63, 3.8) is 0 Å². The maximum atomic E-state index is 5.93. The number of quaternary nitrogens is 1. The van der Waals surface area contributed by atoms with Gasteiger partial charge in [-0.2, -0.15) is 0 Å². The van der Waals surface area contributed by atoms with Crippen LogP contribution in [0.1, 0.15) is 77.7 Å². The van der Waals surface area contributed by atoms with Crippen LogP contribution in [0.4, 0.5) is 0 Å². The van der Waals surface area contributed by atoms with Crippen molar-refractivity contribution >= 4 is 0 Å². The quantitative estimate of drug-likeness (QED) is 0.237. The van der Waals surface area contributed by atoms with E-state index in [0.717, 1.165) is 56.0 Å². The Hall–Kier alpha value is -1.06. The predicted octanol–water partition coefficient (Wildman–Crippen LogP) is 6.21. The second-order valence-corrected chi connectivity index (χ2v) is 7.82. The molecule has 1 rings (SSSR count). The third-order valence-corrected chi connectivity index (χ3v) is 5.82. The molecular weight excluding hydrogens is 334 g/mol. The van der Waals surface area contributed by atoms with Crippen LogP contribution < -0.4 is 4.74 Å². The minimum absolute atomic E-state index is 0.821. The van der Waals surface area contributed by atoms with Crippen molar-refractivity contribution in [2.24, 2.45) is 0 Å². The molecule has 0 unspecified atom stereocenters. The van der Waals surface area contributed by atoms with E-state index < -0.39 is 0 Å². The van der Waals surface area contributed by atoms with E-state index in [4.69, 9.17) is 9.47 Å². The van der Waals surface area contributed by atoms with Crippen LogP contribution >= 0.6 is 0 Å². The van der Waals surface area contributed by atoms with Crippen LogP contribution in [-0.2, 0) is 11.3 Å². The maximum Gasteiger partial charge on any atom is 0.119 e. The van der Waals surface area contributed by atoms with Gasteiger partial charge in [-0.05, 0) is 44.5 Å². The molecule has 3 heteroatoms. The van der Waals surface area contributed by atoms with Gasteiger partial charge in [-0.3, -0.25) is 0 Å². The van der Waals surface area contributed by atoms with Gasteiger partial charge in [0.15, 0.2) is 0 Å². The fourth-order valence-electron chi connectivity index (χ4n) is 3.63. The Balaban J connectivity index is 2.28. The molecule has 27 heavy (non-hydrogen) atoms. The Labute approximate surface area is 168 Å². The zero-order chi connectivity index (χ0) is 19.8. The molecule has 1 aromatic carbocycles. The van der Waals surface area contributed by atoms with Crippen LogP contribution in [0.25, 0.3) is 0 Å². The molecule has 0 aliphatic rings. The molecule has 0 aliphatic carbocycles. The lowest BCUT2D eigenvalue weighted by atomic mass is 10.1. The second kappa shape index (κ2) is 14.9. The van der Waals surface area contributed by atoms with Gasteiger partial charge >= 0.3 is 0 Å². The summed E-state index contributed by atoms with van der Waals surface area (Å²) in [6.07, 6.45) is 10.7. The van der Waals surface area contributed by atoms with Crippen molar-refractivity contribution in [1.82, 2.24) is 0 Å².